The highest BCUT2D eigenvalue weighted by molar-refractivity contribution is 9.10. The number of hydrogen-bond donors (Lipinski definition) is 2. The molecule has 2 N–H and O–H groups in total. The van der Waals surface area contributed by atoms with Gasteiger partial charge in [-0.25, -0.2) is 15.0 Å². The Hall–Kier alpha value is -4.76. The zero-order chi connectivity index (χ0) is 34.2. The first-order valence-electron chi connectivity index (χ1n) is 14.6. The smallest absolute Gasteiger partial charge is 0.471 e. The van der Waals surface area contributed by atoms with Gasteiger partial charge in [-0.2, -0.15) is 23.3 Å². The Morgan fingerprint density at radius 1 is 1.06 bits per heavy atom. The number of carbonyl (C=O) groups excluding carboxylic acids is 1. The van der Waals surface area contributed by atoms with E-state index < -0.39 is 19.9 Å². The first kappa shape index (κ1) is 33.2. The third kappa shape index (κ3) is 6.78. The third-order valence-electron chi connectivity index (χ3n) is 7.81. The summed E-state index contributed by atoms with van der Waals surface area (Å²) in [5, 5.41) is 11.2. The van der Waals surface area contributed by atoms with Gasteiger partial charge < -0.3 is 20.3 Å². The maximum Gasteiger partial charge on any atom is 0.471 e. The molecule has 48 heavy (non-hydrogen) atoms. The second kappa shape index (κ2) is 13.4. The van der Waals surface area contributed by atoms with Gasteiger partial charge in [0.2, 0.25) is 17.1 Å². The second-order valence-electron chi connectivity index (χ2n) is 11.0. The summed E-state index contributed by atoms with van der Waals surface area (Å²) < 4.78 is 59.8. The predicted molar refractivity (Wildman–Crippen MR) is 177 cm³/mol. The van der Waals surface area contributed by atoms with E-state index in [9.17, 15) is 22.5 Å². The summed E-state index contributed by atoms with van der Waals surface area (Å²) in [4.78, 5) is 35.2. The van der Waals surface area contributed by atoms with Gasteiger partial charge in [-0.15, -0.1) is 0 Å². The van der Waals surface area contributed by atoms with Gasteiger partial charge in [-0.3, -0.25) is 14.5 Å². The van der Waals surface area contributed by atoms with Gasteiger partial charge in [0.25, 0.3) is 0 Å². The van der Waals surface area contributed by atoms with Crippen LogP contribution in [0.2, 0.25) is 0 Å². The molecule has 0 radical (unpaired) electrons. The molecule has 18 heteroatoms. The Morgan fingerprint density at radius 2 is 1.81 bits per heavy atom. The van der Waals surface area contributed by atoms with Crippen LogP contribution in [0.25, 0.3) is 22.2 Å². The number of anilines is 4. The molecule has 5 heterocycles. The summed E-state index contributed by atoms with van der Waals surface area (Å²) in [6.07, 6.45) is 3.79. The maximum absolute atomic E-state index is 13.1. The van der Waals surface area contributed by atoms with Gasteiger partial charge in [0.05, 0.1) is 34.7 Å². The lowest BCUT2D eigenvalue weighted by Gasteiger charge is -2.33. The molecular formula is C30H28BrF3N10O3P+. The van der Waals surface area contributed by atoms with Crippen molar-refractivity contribution >= 4 is 69.1 Å². The lowest BCUT2D eigenvalue weighted by Crippen LogP contribution is -2.45. The van der Waals surface area contributed by atoms with E-state index in [0.29, 0.717) is 49.3 Å². The number of carbonyl (C=O) groups is 1. The third-order valence-corrected chi connectivity index (χ3v) is 9.47. The van der Waals surface area contributed by atoms with Crippen molar-refractivity contribution in [2.45, 2.75) is 24.9 Å². The summed E-state index contributed by atoms with van der Waals surface area (Å²) in [7, 11) is 1.42. The average Bonchev–Trinajstić information content (AvgIpc) is 3.51. The van der Waals surface area contributed by atoms with Gasteiger partial charge in [0.1, 0.15) is 17.9 Å². The highest BCUT2D eigenvalue weighted by atomic mass is 79.9. The topological polar surface area (TPSA) is 153 Å². The lowest BCUT2D eigenvalue weighted by molar-refractivity contribution is -0.186. The van der Waals surface area contributed by atoms with Crippen molar-refractivity contribution < 1.29 is 27.3 Å². The molecular weight excluding hydrogens is 716 g/mol. The van der Waals surface area contributed by atoms with Crippen molar-refractivity contribution in [3.05, 3.63) is 59.3 Å². The number of methoxy groups -OCH3 is 1. The van der Waals surface area contributed by atoms with Crippen molar-refractivity contribution in [3.8, 4) is 17.0 Å². The van der Waals surface area contributed by atoms with Gasteiger partial charge in [-0.05, 0) is 47.0 Å². The Morgan fingerprint density at radius 3 is 2.48 bits per heavy atom. The molecule has 1 saturated heterocycles. The normalized spacial score (nSPS) is 14.2. The molecule has 1 unspecified atom stereocenters. The van der Waals surface area contributed by atoms with Crippen LogP contribution in [0.5, 0.6) is 5.88 Å². The van der Waals surface area contributed by atoms with E-state index in [-0.39, 0.29) is 43.7 Å². The molecule has 1 aliphatic rings. The number of alkyl halides is 3. The van der Waals surface area contributed by atoms with Gasteiger partial charge >= 0.3 is 19.9 Å². The second-order valence-corrected chi connectivity index (χ2v) is 13.3. The monoisotopic (exact) mass is 743 g/mol. The van der Waals surface area contributed by atoms with Crippen LogP contribution in [-0.2, 0) is 16.4 Å². The van der Waals surface area contributed by atoms with E-state index in [1.165, 1.54) is 7.11 Å². The first-order valence-corrected chi connectivity index (χ1v) is 17.1. The molecule has 1 amide bonds. The van der Waals surface area contributed by atoms with Crippen molar-refractivity contribution in [1.29, 1.82) is 0 Å². The number of nitrogens with zero attached hydrogens (tertiary/aromatic N) is 8. The van der Waals surface area contributed by atoms with E-state index in [1.54, 1.807) is 61.5 Å². The Labute approximate surface area is 281 Å². The maximum atomic E-state index is 13.1. The number of amides is 1. The standard InChI is InChI=1S/C30H28BrF3N10O3P/c1-43-15-17(13-38-43)18-12-22(27(47-2)41-23(18)16-6-10-44(11-7-16)28(45)30(32,33)34)40-29-37-14-19(31)26(42-29)39-21-5-4-20-24(25(21)48(3)46)36-9-8-35-20/h4-5,8-9,12-16H,6-7,10-11H2,1-3H3,(H2,37,39,40,42)/q+1. The average molecular weight is 744 g/mol. The predicted octanol–water partition coefficient (Wildman–Crippen LogP) is 5.82. The summed E-state index contributed by atoms with van der Waals surface area (Å²) in [6.45, 7) is 1.49. The Bertz CT molecular complexity index is 2040. The Balaban J connectivity index is 1.33. The fourth-order valence-electron chi connectivity index (χ4n) is 5.60. The highest BCUT2D eigenvalue weighted by Gasteiger charge is 2.43. The number of rotatable bonds is 8. The number of ether oxygens (including phenoxy) is 1. The number of piperidine rings is 1. The number of nitrogens with one attached hydrogen (secondary N) is 2. The van der Waals surface area contributed by atoms with E-state index in [1.807, 2.05) is 6.07 Å². The van der Waals surface area contributed by atoms with Crippen LogP contribution in [0.1, 0.15) is 24.5 Å². The van der Waals surface area contributed by atoms with Crippen LogP contribution < -0.4 is 20.7 Å². The van der Waals surface area contributed by atoms with E-state index in [0.717, 1.165) is 10.5 Å². The first-order chi connectivity index (χ1) is 22.9. The van der Waals surface area contributed by atoms with Crippen molar-refractivity contribution in [3.63, 3.8) is 0 Å². The molecule has 6 rings (SSSR count). The van der Waals surface area contributed by atoms with Crippen molar-refractivity contribution in [2.24, 2.45) is 7.05 Å². The Kier molecular flexibility index (Phi) is 9.25. The molecule has 4 aromatic heterocycles. The van der Waals surface area contributed by atoms with Crippen LogP contribution in [0.4, 0.5) is 36.3 Å². The molecule has 0 saturated carbocycles. The summed E-state index contributed by atoms with van der Waals surface area (Å²) >= 11 is 3.49. The fourth-order valence-corrected chi connectivity index (χ4v) is 6.83. The number of benzene rings is 1. The molecule has 0 bridgehead atoms. The molecule has 248 valence electrons. The molecule has 5 aromatic rings. The molecule has 0 spiro atoms. The summed E-state index contributed by atoms with van der Waals surface area (Å²) in [6, 6.07) is 5.35. The molecule has 1 aromatic carbocycles. The number of aromatic nitrogens is 7. The van der Waals surface area contributed by atoms with Crippen LogP contribution in [-0.4, -0.2) is 78.5 Å². The summed E-state index contributed by atoms with van der Waals surface area (Å²) in [5.74, 6) is -1.30. The van der Waals surface area contributed by atoms with Gasteiger partial charge in [0.15, 0.2) is 5.82 Å². The number of hydrogen-bond acceptors (Lipinski definition) is 11. The van der Waals surface area contributed by atoms with E-state index in [2.05, 4.69) is 51.6 Å². The lowest BCUT2D eigenvalue weighted by atomic mass is 9.88. The molecule has 0 aliphatic carbocycles. The number of pyridine rings is 1. The quantitative estimate of drug-likeness (QED) is 0.185. The van der Waals surface area contributed by atoms with Crippen molar-refractivity contribution in [2.75, 3.05) is 37.5 Å². The number of aryl methyl sites for hydroxylation is 1. The number of halogens is 4. The van der Waals surface area contributed by atoms with Crippen molar-refractivity contribution in [1.82, 2.24) is 39.6 Å². The summed E-state index contributed by atoms with van der Waals surface area (Å²) in [5.41, 5.74) is 4.14. The largest absolute Gasteiger partial charge is 0.480 e. The minimum absolute atomic E-state index is 0.0558. The molecule has 1 atom stereocenters. The van der Waals surface area contributed by atoms with E-state index >= 15 is 0 Å². The minimum Gasteiger partial charge on any atom is -0.480 e. The van der Waals surface area contributed by atoms with Crippen LogP contribution >= 0.6 is 23.7 Å². The van der Waals surface area contributed by atoms with Gasteiger partial charge in [-0.1, -0.05) is 4.57 Å². The number of likely N-dealkylation sites (tertiary alicyclic amines) is 1. The molecule has 1 fully saturated rings. The van der Waals surface area contributed by atoms with Crippen LogP contribution in [0, 0.1) is 0 Å². The highest BCUT2D eigenvalue weighted by Crippen LogP contribution is 2.40. The van der Waals surface area contributed by atoms with E-state index in [4.69, 9.17) is 9.72 Å². The van der Waals surface area contributed by atoms with Gasteiger partial charge in [0, 0.05) is 62.0 Å². The zero-order valence-electron chi connectivity index (χ0n) is 25.8. The zero-order valence-corrected chi connectivity index (χ0v) is 28.3. The molecule has 1 aliphatic heterocycles. The van der Waals surface area contributed by atoms with Crippen LogP contribution in [0.15, 0.2) is 53.7 Å². The number of fused-ring (bicyclic) bond motifs is 1. The SMILES string of the molecule is COc1nc(C2CCN(C(=O)C(F)(F)F)CC2)c(-c2cnn(C)c2)cc1Nc1ncc(Br)c(Nc2ccc3nccnc3c2[P+](C)=O)n1. The minimum atomic E-state index is -4.92. The van der Waals surface area contributed by atoms with Crippen LogP contribution in [0.3, 0.4) is 0 Å². The fraction of sp³-hybridized carbons (Fsp3) is 0.300. The molecule has 13 nitrogen and oxygen atoms in total.